The lowest BCUT2D eigenvalue weighted by Crippen LogP contribution is -2.70. The molecule has 0 radical (unpaired) electrons. The van der Waals surface area contributed by atoms with Crippen LogP contribution in [0.1, 0.15) is 40.0 Å². The van der Waals surface area contributed by atoms with E-state index in [2.05, 4.69) is 35.1 Å². The number of thiazole rings is 1. The summed E-state index contributed by atoms with van der Waals surface area (Å²) in [6, 6.07) is 2.50. The van der Waals surface area contributed by atoms with Crippen LogP contribution in [0.2, 0.25) is 0 Å². The van der Waals surface area contributed by atoms with Gasteiger partial charge in [0.25, 0.3) is 0 Å². The van der Waals surface area contributed by atoms with Crippen molar-refractivity contribution in [2.45, 2.75) is 63.8 Å². The van der Waals surface area contributed by atoms with Crippen molar-refractivity contribution in [2.24, 2.45) is 0 Å². The number of piperazine rings is 1. The van der Waals surface area contributed by atoms with Gasteiger partial charge in [0.2, 0.25) is 5.95 Å². The largest absolute Gasteiger partial charge is 0.460 e. The quantitative estimate of drug-likeness (QED) is 0.478. The molecule has 13 heteroatoms. The molecule has 1 N–H and O–H groups in total. The standard InChI is InChI=1S/C26H32N8O4S/c1-26(2,3)38-25(35)34-16-10-17(34)15-33(14-16)18-11-28-22(29-12-18)32-24-30-13-21(39-24)20-4-7-27-23(31-20)37-19-5-8-36-9-6-19/h4,7,11-13,16-17,19H,5-6,8-10,14-15H2,1-3H3,(H,28,29,30,32). The van der Waals surface area contributed by atoms with Crippen molar-refractivity contribution in [2.75, 3.05) is 36.5 Å². The first-order valence-corrected chi connectivity index (χ1v) is 14.0. The zero-order valence-corrected chi connectivity index (χ0v) is 23.1. The highest BCUT2D eigenvalue weighted by Gasteiger charge is 2.48. The van der Waals surface area contributed by atoms with Gasteiger partial charge < -0.3 is 24.4 Å². The molecule has 2 bridgehead atoms. The lowest BCUT2D eigenvalue weighted by atomic mass is 9.88. The summed E-state index contributed by atoms with van der Waals surface area (Å²) in [5.74, 6) is 0.462. The fourth-order valence-electron chi connectivity index (χ4n) is 5.01. The predicted octanol–water partition coefficient (Wildman–Crippen LogP) is 3.89. The molecule has 7 heterocycles. The second-order valence-corrected chi connectivity index (χ2v) is 11.9. The first kappa shape index (κ1) is 25.7. The van der Waals surface area contributed by atoms with Gasteiger partial charge in [-0.2, -0.15) is 4.98 Å². The van der Waals surface area contributed by atoms with E-state index in [-0.39, 0.29) is 24.3 Å². The zero-order chi connectivity index (χ0) is 27.0. The lowest BCUT2D eigenvalue weighted by Gasteiger charge is -2.56. The number of nitrogens with zero attached hydrogens (tertiary/aromatic N) is 7. The van der Waals surface area contributed by atoms with Crippen molar-refractivity contribution in [1.82, 2.24) is 29.8 Å². The molecule has 2 atom stereocenters. The van der Waals surface area contributed by atoms with Crippen LogP contribution >= 0.6 is 11.3 Å². The molecule has 4 aliphatic heterocycles. The van der Waals surface area contributed by atoms with Crippen molar-refractivity contribution in [3.05, 3.63) is 30.9 Å². The number of anilines is 3. The minimum Gasteiger partial charge on any atom is -0.460 e. The molecular weight excluding hydrogens is 520 g/mol. The second-order valence-electron chi connectivity index (χ2n) is 10.9. The molecule has 12 nitrogen and oxygen atoms in total. The molecule has 0 saturated carbocycles. The number of hydrogen-bond donors (Lipinski definition) is 1. The number of rotatable bonds is 6. The van der Waals surface area contributed by atoms with Crippen molar-refractivity contribution in [3.8, 4) is 16.6 Å². The normalized spacial score (nSPS) is 21.3. The molecule has 4 saturated heterocycles. The summed E-state index contributed by atoms with van der Waals surface area (Å²) >= 11 is 1.45. The first-order chi connectivity index (χ1) is 18.8. The Morgan fingerprint density at radius 2 is 1.82 bits per heavy atom. The Kier molecular flexibility index (Phi) is 6.94. The number of piperidine rings is 1. The number of carbonyl (C=O) groups is 1. The molecule has 0 aliphatic carbocycles. The molecule has 7 rings (SSSR count). The average molecular weight is 553 g/mol. The van der Waals surface area contributed by atoms with E-state index in [0.29, 0.717) is 30.3 Å². The van der Waals surface area contributed by atoms with Gasteiger partial charge >= 0.3 is 12.1 Å². The smallest absolute Gasteiger partial charge is 0.410 e. The summed E-state index contributed by atoms with van der Waals surface area (Å²) in [5.41, 5.74) is 1.18. The van der Waals surface area contributed by atoms with Gasteiger partial charge in [0.05, 0.1) is 53.9 Å². The van der Waals surface area contributed by atoms with Crippen LogP contribution in [0.3, 0.4) is 0 Å². The van der Waals surface area contributed by atoms with Crippen LogP contribution in [-0.4, -0.2) is 86.0 Å². The van der Waals surface area contributed by atoms with Crippen LogP contribution < -0.4 is 15.0 Å². The molecule has 3 aromatic rings. The van der Waals surface area contributed by atoms with Gasteiger partial charge in [0.1, 0.15) is 11.7 Å². The van der Waals surface area contributed by atoms with Gasteiger partial charge in [-0.3, -0.25) is 4.90 Å². The number of amides is 1. The third-order valence-corrected chi connectivity index (χ3v) is 7.79. The molecule has 1 amide bonds. The molecule has 2 unspecified atom stereocenters. The number of hydrogen-bond acceptors (Lipinski definition) is 12. The molecule has 0 aromatic carbocycles. The van der Waals surface area contributed by atoms with Gasteiger partial charge in [0.15, 0.2) is 5.13 Å². The van der Waals surface area contributed by atoms with Crippen molar-refractivity contribution >= 4 is 34.2 Å². The molecule has 4 aliphatic rings. The number of ether oxygens (including phenoxy) is 3. The Labute approximate surface area is 230 Å². The lowest BCUT2D eigenvalue weighted by molar-refractivity contribution is -0.0379. The Balaban J connectivity index is 1.05. The van der Waals surface area contributed by atoms with Crippen molar-refractivity contribution < 1.29 is 19.0 Å². The van der Waals surface area contributed by atoms with E-state index < -0.39 is 5.60 Å². The number of aromatic nitrogens is 5. The Bertz CT molecular complexity index is 1300. The van der Waals surface area contributed by atoms with E-state index in [4.69, 9.17) is 14.2 Å². The Hall–Kier alpha value is -3.58. The fraction of sp³-hybridized carbons (Fsp3) is 0.538. The monoisotopic (exact) mass is 552 g/mol. The summed E-state index contributed by atoms with van der Waals surface area (Å²) < 4.78 is 16.9. The van der Waals surface area contributed by atoms with Gasteiger partial charge in [-0.05, 0) is 33.3 Å². The van der Waals surface area contributed by atoms with Gasteiger partial charge in [-0.15, -0.1) is 0 Å². The maximum atomic E-state index is 12.5. The first-order valence-electron chi connectivity index (χ1n) is 13.2. The van der Waals surface area contributed by atoms with Crippen LogP contribution in [0.15, 0.2) is 30.9 Å². The van der Waals surface area contributed by atoms with Crippen LogP contribution in [0.4, 0.5) is 21.6 Å². The Morgan fingerprint density at radius 1 is 1.08 bits per heavy atom. The summed E-state index contributed by atoms with van der Waals surface area (Å²) in [7, 11) is 0. The van der Waals surface area contributed by atoms with Crippen LogP contribution in [0.25, 0.3) is 10.6 Å². The van der Waals surface area contributed by atoms with Crippen molar-refractivity contribution in [3.63, 3.8) is 0 Å². The maximum Gasteiger partial charge on any atom is 0.410 e. The molecule has 0 spiro atoms. The Morgan fingerprint density at radius 3 is 2.54 bits per heavy atom. The highest BCUT2D eigenvalue weighted by atomic mass is 32.1. The molecule has 206 valence electrons. The highest BCUT2D eigenvalue weighted by molar-refractivity contribution is 7.18. The van der Waals surface area contributed by atoms with Gasteiger partial charge in [-0.25, -0.2) is 24.7 Å². The van der Waals surface area contributed by atoms with Crippen LogP contribution in [0, 0.1) is 0 Å². The molecule has 39 heavy (non-hydrogen) atoms. The molecular formula is C26H32N8O4S. The molecule has 3 aromatic heterocycles. The van der Waals surface area contributed by atoms with Crippen LogP contribution in [0.5, 0.6) is 6.01 Å². The number of nitrogens with one attached hydrogen (secondary N) is 1. The van der Waals surface area contributed by atoms with E-state index in [1.165, 1.54) is 11.3 Å². The third kappa shape index (κ3) is 5.88. The fourth-order valence-corrected chi connectivity index (χ4v) is 5.79. The molecule has 4 fully saturated rings. The van der Waals surface area contributed by atoms with Crippen molar-refractivity contribution in [1.29, 1.82) is 0 Å². The minimum atomic E-state index is -0.494. The van der Waals surface area contributed by atoms with E-state index in [1.807, 2.05) is 31.7 Å². The summed E-state index contributed by atoms with van der Waals surface area (Å²) in [5, 5.41) is 3.84. The summed E-state index contributed by atoms with van der Waals surface area (Å²) in [6.07, 6.45) is 9.58. The predicted molar refractivity (Wildman–Crippen MR) is 145 cm³/mol. The van der Waals surface area contributed by atoms with Crippen LogP contribution in [-0.2, 0) is 9.47 Å². The second kappa shape index (κ2) is 10.5. The topological polar surface area (TPSA) is 128 Å². The SMILES string of the molecule is CC(C)(C)OC(=O)N1C2CC1CN(c1cnc(Nc3ncc(-c4ccnc(OC5CCOCC5)n4)s3)nc1)C2. The van der Waals surface area contributed by atoms with E-state index >= 15 is 0 Å². The van der Waals surface area contributed by atoms with Gasteiger partial charge in [-0.1, -0.05) is 11.3 Å². The maximum absolute atomic E-state index is 12.5. The van der Waals surface area contributed by atoms with E-state index in [9.17, 15) is 4.79 Å². The number of fused-ring (bicyclic) bond motifs is 2. The average Bonchev–Trinajstić information content (AvgIpc) is 3.37. The van der Waals surface area contributed by atoms with E-state index in [0.717, 1.165) is 48.6 Å². The summed E-state index contributed by atoms with van der Waals surface area (Å²) in [6.45, 7) is 8.54. The zero-order valence-electron chi connectivity index (χ0n) is 22.2. The van der Waals surface area contributed by atoms with Gasteiger partial charge in [0, 0.05) is 38.3 Å². The minimum absolute atomic E-state index is 0.0763. The summed E-state index contributed by atoms with van der Waals surface area (Å²) in [4.78, 5) is 39.8. The van der Waals surface area contributed by atoms with E-state index in [1.54, 1.807) is 24.8 Å². The highest BCUT2D eigenvalue weighted by Crippen LogP contribution is 2.36. The third-order valence-electron chi connectivity index (χ3n) is 6.85. The number of carbonyl (C=O) groups excluding carboxylic acids is 1.